The van der Waals surface area contributed by atoms with Gasteiger partial charge in [0.15, 0.2) is 5.75 Å². The molecule has 0 amide bonds. The number of hydrogen-bond acceptors (Lipinski definition) is 6. The number of ether oxygens (including phenoxy) is 4. The first kappa shape index (κ1) is 27.5. The molecule has 0 bridgehead atoms. The average Bonchev–Trinajstić information content (AvgIpc) is 2.76. The number of hydrogen-bond donors (Lipinski definition) is 1. The Kier molecular flexibility index (Phi) is 10.6. The van der Waals surface area contributed by atoms with Crippen molar-refractivity contribution in [3.8, 4) is 11.5 Å². The summed E-state index contributed by atoms with van der Waals surface area (Å²) in [5.41, 5.74) is 1.49. The molecule has 0 fully saturated rings. The molecule has 182 valence electrons. The summed E-state index contributed by atoms with van der Waals surface area (Å²) in [6, 6.07) is 11.2. The Balaban J connectivity index is 2.14. The molecule has 0 aliphatic rings. The zero-order chi connectivity index (χ0) is 24.6. The van der Waals surface area contributed by atoms with Crippen molar-refractivity contribution >= 4 is 40.8 Å². The molecule has 0 unspecified atom stereocenters. The second-order valence-electron chi connectivity index (χ2n) is 8.04. The Labute approximate surface area is 209 Å². The number of methoxy groups -OCH3 is 1. The lowest BCUT2D eigenvalue weighted by molar-refractivity contribution is -0.146. The van der Waals surface area contributed by atoms with Gasteiger partial charge in [0.05, 0.1) is 22.5 Å². The molecule has 0 aliphatic heterocycles. The minimum absolute atomic E-state index is 0.0335. The average molecular weight is 520 g/mol. The summed E-state index contributed by atoms with van der Waals surface area (Å²) in [6.07, 6.45) is -1.30. The summed E-state index contributed by atoms with van der Waals surface area (Å²) in [5, 5.41) is 10.4. The van der Waals surface area contributed by atoms with Crippen molar-refractivity contribution in [2.75, 3.05) is 32.8 Å². The third-order valence-corrected chi connectivity index (χ3v) is 5.92. The summed E-state index contributed by atoms with van der Waals surface area (Å²) >= 11 is 18.8. The van der Waals surface area contributed by atoms with E-state index in [1.54, 1.807) is 12.1 Å². The van der Waals surface area contributed by atoms with Crippen molar-refractivity contribution in [3.05, 3.63) is 57.6 Å². The molecule has 0 aromatic heterocycles. The highest BCUT2D eigenvalue weighted by molar-refractivity contribution is 6.37. The fourth-order valence-corrected chi connectivity index (χ4v) is 3.90. The molecule has 2 rings (SSSR count). The molecule has 9 heteroatoms. The van der Waals surface area contributed by atoms with Crippen LogP contribution in [-0.2, 0) is 19.7 Å². The van der Waals surface area contributed by atoms with E-state index in [9.17, 15) is 9.90 Å². The van der Waals surface area contributed by atoms with Gasteiger partial charge in [-0.3, -0.25) is 4.79 Å². The van der Waals surface area contributed by atoms with Crippen LogP contribution in [0.2, 0.25) is 10.0 Å². The van der Waals surface area contributed by atoms with Crippen LogP contribution in [0.4, 0.5) is 0 Å². The van der Waals surface area contributed by atoms with Crippen LogP contribution in [0.5, 0.6) is 11.5 Å². The van der Waals surface area contributed by atoms with Crippen LogP contribution in [0.15, 0.2) is 36.4 Å². The number of benzene rings is 2. The molecule has 33 heavy (non-hydrogen) atoms. The normalized spacial score (nSPS) is 13.3. The van der Waals surface area contributed by atoms with Gasteiger partial charge in [0.2, 0.25) is 0 Å². The molecule has 0 spiro atoms. The Hall–Kier alpha value is -1.70. The smallest absolute Gasteiger partial charge is 0.303 e. The van der Waals surface area contributed by atoms with Gasteiger partial charge in [-0.2, -0.15) is 0 Å². The molecular weight excluding hydrogens is 491 g/mol. The number of aliphatic hydroxyl groups excluding tert-OH is 1. The molecular formula is C24H29Cl3O6. The predicted molar refractivity (Wildman–Crippen MR) is 130 cm³/mol. The molecule has 0 radical (unpaired) electrons. The largest absolute Gasteiger partial charge is 0.491 e. The topological polar surface area (TPSA) is 74.2 Å². The Morgan fingerprint density at radius 2 is 1.61 bits per heavy atom. The van der Waals surface area contributed by atoms with Crippen molar-refractivity contribution in [1.82, 2.24) is 0 Å². The van der Waals surface area contributed by atoms with Crippen LogP contribution in [0.1, 0.15) is 31.9 Å². The molecule has 0 heterocycles. The second-order valence-corrected chi connectivity index (χ2v) is 9.16. The standard InChI is InChI=1S/C24H29Cl3O6/c1-15(28)33-20(11-25)14-32-23-21(26)9-17(10-22(23)27)24(2,3)16-5-7-19(8-6-16)31-13-18(29)12-30-4/h5-10,18,20,29H,11-14H2,1-4H3/t18-,20-/m1/s1. The van der Waals surface area contributed by atoms with Gasteiger partial charge in [-0.1, -0.05) is 49.2 Å². The van der Waals surface area contributed by atoms with Crippen LogP contribution in [0, 0.1) is 0 Å². The molecule has 2 atom stereocenters. The first-order valence-corrected chi connectivity index (χ1v) is 11.6. The Bertz CT molecular complexity index is 894. The monoisotopic (exact) mass is 518 g/mol. The number of alkyl halides is 1. The van der Waals surface area contributed by atoms with Crippen molar-refractivity contribution < 1.29 is 28.8 Å². The van der Waals surface area contributed by atoms with E-state index in [1.165, 1.54) is 14.0 Å². The quantitative estimate of drug-likeness (QED) is 0.305. The van der Waals surface area contributed by atoms with Crippen LogP contribution in [-0.4, -0.2) is 56.1 Å². The van der Waals surface area contributed by atoms with Crippen molar-refractivity contribution in [3.63, 3.8) is 0 Å². The maximum atomic E-state index is 11.1. The van der Waals surface area contributed by atoms with Crippen LogP contribution in [0.25, 0.3) is 0 Å². The van der Waals surface area contributed by atoms with E-state index in [4.69, 9.17) is 53.8 Å². The lowest BCUT2D eigenvalue weighted by Gasteiger charge is -2.27. The minimum atomic E-state index is -0.690. The van der Waals surface area contributed by atoms with Gasteiger partial charge in [-0.25, -0.2) is 0 Å². The molecule has 2 aromatic rings. The van der Waals surface area contributed by atoms with Gasteiger partial charge in [0, 0.05) is 19.4 Å². The summed E-state index contributed by atoms with van der Waals surface area (Å²) in [6.45, 7) is 5.80. The zero-order valence-corrected chi connectivity index (χ0v) is 21.3. The van der Waals surface area contributed by atoms with E-state index in [0.717, 1.165) is 11.1 Å². The minimum Gasteiger partial charge on any atom is -0.491 e. The highest BCUT2D eigenvalue weighted by Gasteiger charge is 2.26. The second kappa shape index (κ2) is 12.7. The van der Waals surface area contributed by atoms with Gasteiger partial charge in [0.1, 0.15) is 31.2 Å². The summed E-state index contributed by atoms with van der Waals surface area (Å²) < 4.78 is 21.3. The Morgan fingerprint density at radius 3 is 2.12 bits per heavy atom. The highest BCUT2D eigenvalue weighted by Crippen LogP contribution is 2.40. The maximum Gasteiger partial charge on any atom is 0.303 e. The van der Waals surface area contributed by atoms with Gasteiger partial charge < -0.3 is 24.1 Å². The van der Waals surface area contributed by atoms with Crippen LogP contribution in [0.3, 0.4) is 0 Å². The van der Waals surface area contributed by atoms with Gasteiger partial charge in [-0.15, -0.1) is 11.6 Å². The number of esters is 1. The fraction of sp³-hybridized carbons (Fsp3) is 0.458. The predicted octanol–water partition coefficient (Wildman–Crippen LogP) is 5.25. The van der Waals surface area contributed by atoms with Gasteiger partial charge >= 0.3 is 5.97 Å². The first-order valence-electron chi connectivity index (χ1n) is 10.3. The SMILES string of the molecule is COC[C@@H](O)COc1ccc(C(C)(C)c2cc(Cl)c(OC[C@@H](CCl)OC(C)=O)c(Cl)c2)cc1. The number of carbonyl (C=O) groups excluding carboxylic acids is 1. The third-order valence-electron chi connectivity index (χ3n) is 5.02. The van der Waals surface area contributed by atoms with E-state index in [0.29, 0.717) is 21.5 Å². The summed E-state index contributed by atoms with van der Waals surface area (Å²) in [4.78, 5) is 11.1. The fourth-order valence-electron chi connectivity index (χ4n) is 3.15. The number of aliphatic hydroxyl groups is 1. The molecule has 0 saturated carbocycles. The van der Waals surface area contributed by atoms with Gasteiger partial charge in [-0.05, 0) is 35.4 Å². The Morgan fingerprint density at radius 1 is 1.00 bits per heavy atom. The molecule has 1 N–H and O–H groups in total. The van der Waals surface area contributed by atoms with Crippen LogP contribution >= 0.6 is 34.8 Å². The van der Waals surface area contributed by atoms with E-state index < -0.39 is 23.6 Å². The van der Waals surface area contributed by atoms with E-state index in [1.807, 2.05) is 24.3 Å². The van der Waals surface area contributed by atoms with Gasteiger partial charge in [0.25, 0.3) is 0 Å². The summed E-state index contributed by atoms with van der Waals surface area (Å²) in [7, 11) is 1.52. The molecule has 6 nitrogen and oxygen atoms in total. The van der Waals surface area contributed by atoms with Crippen molar-refractivity contribution in [2.24, 2.45) is 0 Å². The lowest BCUT2D eigenvalue weighted by atomic mass is 9.78. The lowest BCUT2D eigenvalue weighted by Crippen LogP contribution is -2.26. The van der Waals surface area contributed by atoms with Crippen molar-refractivity contribution in [2.45, 2.75) is 38.4 Å². The number of rotatable bonds is 12. The zero-order valence-electron chi connectivity index (χ0n) is 19.1. The van der Waals surface area contributed by atoms with Crippen LogP contribution < -0.4 is 9.47 Å². The van der Waals surface area contributed by atoms with E-state index in [2.05, 4.69) is 13.8 Å². The van der Waals surface area contributed by atoms with E-state index >= 15 is 0 Å². The molecule has 0 aliphatic carbocycles. The molecule has 0 saturated heterocycles. The summed E-state index contributed by atoms with van der Waals surface area (Å²) in [5.74, 6) is 0.594. The molecule has 2 aromatic carbocycles. The third kappa shape index (κ3) is 7.94. The van der Waals surface area contributed by atoms with Crippen molar-refractivity contribution in [1.29, 1.82) is 0 Å². The first-order chi connectivity index (χ1) is 15.6. The highest BCUT2D eigenvalue weighted by atomic mass is 35.5. The maximum absolute atomic E-state index is 11.1. The number of halogens is 3. The number of carbonyl (C=O) groups is 1. The van der Waals surface area contributed by atoms with E-state index in [-0.39, 0.29) is 25.7 Å².